The molecule has 2 aromatic rings. The number of aromatic nitrogens is 4. The molecular formula is C19H25N5O. The highest BCUT2D eigenvalue weighted by Gasteiger charge is 2.44. The van der Waals surface area contributed by atoms with Gasteiger partial charge in [-0.2, -0.15) is 0 Å². The van der Waals surface area contributed by atoms with Gasteiger partial charge in [0.15, 0.2) is 0 Å². The number of aromatic amines is 1. The van der Waals surface area contributed by atoms with E-state index in [2.05, 4.69) is 26.5 Å². The number of fused-ring (bicyclic) bond motifs is 2. The average molecular weight is 339 g/mol. The minimum atomic E-state index is 0.124. The Labute approximate surface area is 147 Å². The molecular weight excluding hydrogens is 314 g/mol. The quantitative estimate of drug-likeness (QED) is 0.927. The Kier molecular flexibility index (Phi) is 3.39. The lowest BCUT2D eigenvalue weighted by Gasteiger charge is -2.39. The summed E-state index contributed by atoms with van der Waals surface area (Å²) in [6.45, 7) is 3.02. The van der Waals surface area contributed by atoms with Gasteiger partial charge in [0.25, 0.3) is 5.56 Å². The molecule has 6 nitrogen and oxygen atoms in total. The fraction of sp³-hybridized carbons (Fsp3) is 0.632. The van der Waals surface area contributed by atoms with Crippen molar-refractivity contribution in [2.45, 2.75) is 56.4 Å². The predicted octanol–water partition coefficient (Wildman–Crippen LogP) is 1.86. The Morgan fingerprint density at radius 3 is 2.76 bits per heavy atom. The minimum absolute atomic E-state index is 0.124. The molecule has 1 saturated heterocycles. The maximum Gasteiger partial charge on any atom is 0.254 e. The van der Waals surface area contributed by atoms with Gasteiger partial charge in [-0.3, -0.25) is 9.69 Å². The number of nitrogens with zero attached hydrogens (tertiary/aromatic N) is 4. The predicted molar refractivity (Wildman–Crippen MR) is 94.6 cm³/mol. The highest BCUT2D eigenvalue weighted by Crippen LogP contribution is 2.46. The van der Waals surface area contributed by atoms with Gasteiger partial charge in [-0.25, -0.2) is 9.97 Å². The van der Waals surface area contributed by atoms with Crippen LogP contribution in [0.4, 0.5) is 0 Å². The second-order valence-corrected chi connectivity index (χ2v) is 8.06. The first-order chi connectivity index (χ1) is 12.1. The van der Waals surface area contributed by atoms with Crippen molar-refractivity contribution < 1.29 is 0 Å². The first kappa shape index (κ1) is 15.3. The molecule has 0 amide bonds. The lowest BCUT2D eigenvalue weighted by Crippen LogP contribution is -2.42. The third-order valence-electron chi connectivity index (χ3n) is 6.45. The number of imidazole rings is 1. The minimum Gasteiger partial charge on any atom is -0.337 e. The van der Waals surface area contributed by atoms with Crippen LogP contribution in [0.5, 0.6) is 0 Å². The smallest absolute Gasteiger partial charge is 0.254 e. The Morgan fingerprint density at radius 1 is 1.28 bits per heavy atom. The summed E-state index contributed by atoms with van der Waals surface area (Å²) in [7, 11) is 2.05. The molecule has 6 heteroatoms. The number of likely N-dealkylation sites (tertiary alicyclic amines) is 1. The molecule has 0 unspecified atom stereocenters. The highest BCUT2D eigenvalue weighted by molar-refractivity contribution is 5.34. The van der Waals surface area contributed by atoms with E-state index in [1.165, 1.54) is 12.8 Å². The standard InChI is InChI=1S/C19H25N5O/c1-23-11-8-20-15(23)12-24-9-6-19(7-10-24)5-4-14-16(19)21-17(13-2-3-13)22-18(14)25/h8,11,13H,2-7,9-10,12H2,1H3,(H,21,22,25). The van der Waals surface area contributed by atoms with E-state index in [4.69, 9.17) is 4.98 Å². The number of hydrogen-bond acceptors (Lipinski definition) is 4. The van der Waals surface area contributed by atoms with Gasteiger partial charge < -0.3 is 9.55 Å². The fourth-order valence-corrected chi connectivity index (χ4v) is 4.59. The Bertz CT molecular complexity index is 855. The van der Waals surface area contributed by atoms with Crippen LogP contribution in [-0.4, -0.2) is 37.5 Å². The molecule has 3 heterocycles. The Hall–Kier alpha value is -1.95. The largest absolute Gasteiger partial charge is 0.337 e. The van der Waals surface area contributed by atoms with Gasteiger partial charge in [0.05, 0.1) is 12.2 Å². The molecule has 2 fully saturated rings. The summed E-state index contributed by atoms with van der Waals surface area (Å²) in [5, 5.41) is 0. The Balaban J connectivity index is 1.37. The lowest BCUT2D eigenvalue weighted by atomic mass is 9.76. The number of rotatable bonds is 3. The van der Waals surface area contributed by atoms with Gasteiger partial charge in [-0.1, -0.05) is 0 Å². The van der Waals surface area contributed by atoms with E-state index in [0.29, 0.717) is 5.92 Å². The van der Waals surface area contributed by atoms with Crippen molar-refractivity contribution in [3.8, 4) is 0 Å². The molecule has 0 radical (unpaired) electrons. The van der Waals surface area contributed by atoms with Crippen LogP contribution in [-0.2, 0) is 25.4 Å². The van der Waals surface area contributed by atoms with Crippen molar-refractivity contribution in [1.29, 1.82) is 0 Å². The monoisotopic (exact) mass is 339 g/mol. The summed E-state index contributed by atoms with van der Waals surface area (Å²) in [5.74, 6) is 2.56. The number of hydrogen-bond donors (Lipinski definition) is 1. The Morgan fingerprint density at radius 2 is 2.08 bits per heavy atom. The van der Waals surface area contributed by atoms with Gasteiger partial charge in [-0.15, -0.1) is 0 Å². The maximum atomic E-state index is 12.5. The molecule has 0 aromatic carbocycles. The molecule has 2 aromatic heterocycles. The lowest BCUT2D eigenvalue weighted by molar-refractivity contribution is 0.146. The number of nitrogens with one attached hydrogen (secondary N) is 1. The highest BCUT2D eigenvalue weighted by atomic mass is 16.1. The van der Waals surface area contributed by atoms with E-state index in [9.17, 15) is 4.79 Å². The topological polar surface area (TPSA) is 66.8 Å². The van der Waals surface area contributed by atoms with Crippen LogP contribution in [0.15, 0.2) is 17.2 Å². The van der Waals surface area contributed by atoms with Crippen molar-refractivity contribution >= 4 is 0 Å². The first-order valence-electron chi connectivity index (χ1n) is 9.47. The van der Waals surface area contributed by atoms with Gasteiger partial charge in [0.2, 0.25) is 0 Å². The zero-order chi connectivity index (χ0) is 17.0. The van der Waals surface area contributed by atoms with Crippen LogP contribution in [0, 0.1) is 0 Å². The van der Waals surface area contributed by atoms with E-state index >= 15 is 0 Å². The summed E-state index contributed by atoms with van der Waals surface area (Å²) in [6.07, 6.45) is 10.4. The van der Waals surface area contributed by atoms with Gasteiger partial charge in [0.1, 0.15) is 11.6 Å². The second kappa shape index (κ2) is 5.53. The van der Waals surface area contributed by atoms with Crippen LogP contribution in [0.3, 0.4) is 0 Å². The molecule has 0 bridgehead atoms. The third kappa shape index (κ3) is 2.54. The molecule has 1 spiro atoms. The summed E-state index contributed by atoms with van der Waals surface area (Å²) in [5.41, 5.74) is 2.35. The second-order valence-electron chi connectivity index (χ2n) is 8.06. The molecule has 5 rings (SSSR count). The molecule has 2 aliphatic carbocycles. The van der Waals surface area contributed by atoms with E-state index in [1.54, 1.807) is 0 Å². The van der Waals surface area contributed by atoms with Crippen molar-refractivity contribution in [3.05, 3.63) is 45.7 Å². The van der Waals surface area contributed by atoms with E-state index in [-0.39, 0.29) is 11.0 Å². The maximum absolute atomic E-state index is 12.5. The first-order valence-corrected chi connectivity index (χ1v) is 9.47. The van der Waals surface area contributed by atoms with Crippen molar-refractivity contribution in [3.63, 3.8) is 0 Å². The molecule has 1 N–H and O–H groups in total. The molecule has 1 aliphatic heterocycles. The van der Waals surface area contributed by atoms with Gasteiger partial charge >= 0.3 is 0 Å². The van der Waals surface area contributed by atoms with Crippen molar-refractivity contribution in [2.75, 3.05) is 13.1 Å². The summed E-state index contributed by atoms with van der Waals surface area (Å²) in [4.78, 5) is 27.4. The number of piperidine rings is 1. The summed E-state index contributed by atoms with van der Waals surface area (Å²) in [6, 6.07) is 0. The van der Waals surface area contributed by atoms with Gasteiger partial charge in [-0.05, 0) is 51.6 Å². The SMILES string of the molecule is Cn1ccnc1CN1CCC2(CCc3c2nc(C2CC2)[nH]c3=O)CC1. The van der Waals surface area contributed by atoms with Crippen LogP contribution in [0.25, 0.3) is 0 Å². The van der Waals surface area contributed by atoms with Crippen molar-refractivity contribution in [2.24, 2.45) is 7.05 Å². The molecule has 3 aliphatic rings. The average Bonchev–Trinajstić information content (AvgIpc) is 3.31. The fourth-order valence-electron chi connectivity index (χ4n) is 4.59. The van der Waals surface area contributed by atoms with Gasteiger partial charge in [0, 0.05) is 36.3 Å². The summed E-state index contributed by atoms with van der Waals surface area (Å²) < 4.78 is 2.10. The van der Waals surface area contributed by atoms with E-state index in [1.807, 2.05) is 12.4 Å². The molecule has 25 heavy (non-hydrogen) atoms. The molecule has 1 saturated carbocycles. The van der Waals surface area contributed by atoms with Crippen LogP contribution in [0.1, 0.15) is 60.9 Å². The third-order valence-corrected chi connectivity index (χ3v) is 6.45. The number of aryl methyl sites for hydroxylation is 1. The van der Waals surface area contributed by atoms with E-state index in [0.717, 1.165) is 68.2 Å². The van der Waals surface area contributed by atoms with Crippen LogP contribution in [0.2, 0.25) is 0 Å². The van der Waals surface area contributed by atoms with Crippen LogP contribution < -0.4 is 5.56 Å². The summed E-state index contributed by atoms with van der Waals surface area (Å²) >= 11 is 0. The zero-order valence-electron chi connectivity index (χ0n) is 14.8. The normalized spacial score (nSPS) is 22.4. The molecule has 132 valence electrons. The zero-order valence-corrected chi connectivity index (χ0v) is 14.8. The van der Waals surface area contributed by atoms with E-state index < -0.39 is 0 Å². The number of H-pyrrole nitrogens is 1. The van der Waals surface area contributed by atoms with Crippen molar-refractivity contribution in [1.82, 2.24) is 24.4 Å². The van der Waals surface area contributed by atoms with Crippen LogP contribution >= 0.6 is 0 Å². The molecule has 0 atom stereocenters.